The summed E-state index contributed by atoms with van der Waals surface area (Å²) in [6.07, 6.45) is 1.11. The average molecular weight is 283 g/mol. The summed E-state index contributed by atoms with van der Waals surface area (Å²) in [5, 5.41) is 0.817. The number of para-hydroxylation sites is 1. The molecule has 1 heterocycles. The minimum atomic E-state index is -0.711. The number of nitrogens with zero attached hydrogens (tertiary/aromatic N) is 1. The lowest BCUT2D eigenvalue weighted by Crippen LogP contribution is -2.07. The maximum atomic E-state index is 13.6. The van der Waals surface area contributed by atoms with Gasteiger partial charge in [-0.05, 0) is 24.3 Å². The molecule has 0 aliphatic heterocycles. The van der Waals surface area contributed by atoms with Gasteiger partial charge < -0.3 is 0 Å². The van der Waals surface area contributed by atoms with Crippen LogP contribution >= 0.6 is 0 Å². The summed E-state index contributed by atoms with van der Waals surface area (Å²) >= 11 is 0. The van der Waals surface area contributed by atoms with Gasteiger partial charge in [-0.15, -0.1) is 0 Å². The van der Waals surface area contributed by atoms with Crippen LogP contribution in [0.25, 0.3) is 10.9 Å². The highest BCUT2D eigenvalue weighted by Gasteiger charge is 2.15. The van der Waals surface area contributed by atoms with E-state index >= 15 is 0 Å². The van der Waals surface area contributed by atoms with Crippen molar-refractivity contribution >= 4 is 16.7 Å². The number of fused-ring (bicyclic) bond motifs is 1. The summed E-state index contributed by atoms with van der Waals surface area (Å²) in [6, 6.07) is 12.6. The van der Waals surface area contributed by atoms with E-state index in [0.29, 0.717) is 5.56 Å². The van der Waals surface area contributed by atoms with Crippen LogP contribution in [0, 0.1) is 11.6 Å². The van der Waals surface area contributed by atoms with E-state index < -0.39 is 11.6 Å². The fourth-order valence-corrected chi connectivity index (χ4v) is 2.19. The summed E-state index contributed by atoms with van der Waals surface area (Å²) in [4.78, 5) is 16.4. The fourth-order valence-electron chi connectivity index (χ4n) is 2.19. The minimum Gasteiger partial charge on any atom is -0.294 e. The first-order chi connectivity index (χ1) is 10.1. The van der Waals surface area contributed by atoms with Crippen molar-refractivity contribution in [3.8, 4) is 0 Å². The number of carbonyl (C=O) groups excluding carboxylic acids is 1. The lowest BCUT2D eigenvalue weighted by Gasteiger charge is -2.05. The Labute approximate surface area is 120 Å². The first-order valence-corrected chi connectivity index (χ1v) is 6.46. The molecule has 0 N–H and O–H groups in total. The van der Waals surface area contributed by atoms with Gasteiger partial charge in [-0.25, -0.2) is 8.78 Å². The van der Waals surface area contributed by atoms with Crippen molar-refractivity contribution in [3.05, 3.63) is 77.5 Å². The van der Waals surface area contributed by atoms with Gasteiger partial charge in [-0.3, -0.25) is 9.78 Å². The molecule has 3 rings (SSSR count). The second kappa shape index (κ2) is 5.40. The van der Waals surface area contributed by atoms with Gasteiger partial charge >= 0.3 is 0 Å². The van der Waals surface area contributed by atoms with E-state index in [1.165, 1.54) is 12.3 Å². The van der Waals surface area contributed by atoms with E-state index in [4.69, 9.17) is 0 Å². The molecule has 1 aromatic heterocycles. The van der Waals surface area contributed by atoms with Crippen LogP contribution in [-0.4, -0.2) is 10.8 Å². The first-order valence-electron chi connectivity index (χ1n) is 6.46. The molecule has 0 saturated carbocycles. The molecule has 21 heavy (non-hydrogen) atoms. The number of carbonyl (C=O) groups is 1. The Morgan fingerprint density at radius 1 is 1.00 bits per heavy atom. The largest absolute Gasteiger partial charge is 0.294 e. The summed E-state index contributed by atoms with van der Waals surface area (Å²) in [7, 11) is 0. The van der Waals surface area contributed by atoms with E-state index in [0.717, 1.165) is 23.0 Å². The molecule has 0 atom stereocenters. The van der Waals surface area contributed by atoms with Crippen molar-refractivity contribution in [2.45, 2.75) is 6.42 Å². The fraction of sp³-hybridized carbons (Fsp3) is 0.0588. The summed E-state index contributed by atoms with van der Waals surface area (Å²) in [6.45, 7) is 0. The Balaban J connectivity index is 1.94. The number of hydrogen-bond donors (Lipinski definition) is 0. The third-order valence-electron chi connectivity index (χ3n) is 3.31. The molecule has 0 bridgehead atoms. The van der Waals surface area contributed by atoms with E-state index in [1.807, 2.05) is 24.3 Å². The molecule has 0 aliphatic carbocycles. The van der Waals surface area contributed by atoms with Gasteiger partial charge in [0.25, 0.3) is 0 Å². The Morgan fingerprint density at radius 3 is 2.48 bits per heavy atom. The van der Waals surface area contributed by atoms with Crippen LogP contribution in [0.3, 0.4) is 0 Å². The number of pyridine rings is 1. The first kappa shape index (κ1) is 13.4. The van der Waals surface area contributed by atoms with E-state index in [2.05, 4.69) is 4.98 Å². The van der Waals surface area contributed by atoms with Crippen LogP contribution in [-0.2, 0) is 6.42 Å². The Hall–Kier alpha value is -2.62. The molecule has 2 nitrogen and oxygen atoms in total. The van der Waals surface area contributed by atoms with Crippen LogP contribution in [0.4, 0.5) is 8.78 Å². The van der Waals surface area contributed by atoms with E-state index in [-0.39, 0.29) is 17.8 Å². The molecule has 104 valence electrons. The molecular weight excluding hydrogens is 272 g/mol. The molecule has 0 saturated heterocycles. The number of aromatic nitrogens is 1. The second-order valence-electron chi connectivity index (χ2n) is 4.72. The van der Waals surface area contributed by atoms with Gasteiger partial charge in [0, 0.05) is 29.1 Å². The third-order valence-corrected chi connectivity index (χ3v) is 3.31. The lowest BCUT2D eigenvalue weighted by molar-refractivity contribution is 0.0990. The zero-order chi connectivity index (χ0) is 14.8. The van der Waals surface area contributed by atoms with Gasteiger partial charge in [-0.2, -0.15) is 0 Å². The smallest absolute Gasteiger partial charge is 0.169 e. The number of ketones is 1. The molecule has 0 amide bonds. The Kier molecular flexibility index (Phi) is 3.44. The predicted molar refractivity (Wildman–Crippen MR) is 76.1 cm³/mol. The predicted octanol–water partition coefficient (Wildman–Crippen LogP) is 3.94. The van der Waals surface area contributed by atoms with Crippen LogP contribution in [0.5, 0.6) is 0 Å². The van der Waals surface area contributed by atoms with Crippen LogP contribution in [0.15, 0.2) is 54.7 Å². The van der Waals surface area contributed by atoms with Crippen LogP contribution in [0.1, 0.15) is 15.9 Å². The van der Waals surface area contributed by atoms with Crippen LogP contribution < -0.4 is 0 Å². The maximum Gasteiger partial charge on any atom is 0.169 e. The van der Waals surface area contributed by atoms with Gasteiger partial charge in [0.15, 0.2) is 5.78 Å². The topological polar surface area (TPSA) is 30.0 Å². The Morgan fingerprint density at radius 2 is 1.71 bits per heavy atom. The van der Waals surface area contributed by atoms with Gasteiger partial charge in [0.1, 0.15) is 11.6 Å². The Bertz CT molecular complexity index is 810. The normalized spacial score (nSPS) is 10.8. The molecule has 0 radical (unpaired) electrons. The SMILES string of the molecule is O=C(Cc1c(F)cccc1F)c1cnc2ccccc2c1. The molecule has 2 aromatic carbocycles. The highest BCUT2D eigenvalue weighted by atomic mass is 19.1. The maximum absolute atomic E-state index is 13.6. The highest BCUT2D eigenvalue weighted by molar-refractivity contribution is 5.99. The van der Waals surface area contributed by atoms with E-state index in [1.54, 1.807) is 6.07 Å². The van der Waals surface area contributed by atoms with Crippen molar-refractivity contribution in [1.29, 1.82) is 0 Å². The van der Waals surface area contributed by atoms with Gasteiger partial charge in [-0.1, -0.05) is 24.3 Å². The van der Waals surface area contributed by atoms with Crippen molar-refractivity contribution in [2.24, 2.45) is 0 Å². The van der Waals surface area contributed by atoms with Crippen LogP contribution in [0.2, 0.25) is 0 Å². The molecule has 0 aliphatic rings. The molecule has 4 heteroatoms. The van der Waals surface area contributed by atoms with Crippen molar-refractivity contribution in [3.63, 3.8) is 0 Å². The molecule has 0 fully saturated rings. The number of hydrogen-bond acceptors (Lipinski definition) is 2. The number of halogens is 2. The van der Waals surface area contributed by atoms with E-state index in [9.17, 15) is 13.6 Å². The number of benzene rings is 2. The molecule has 0 spiro atoms. The van der Waals surface area contributed by atoms with Gasteiger partial charge in [0.2, 0.25) is 0 Å². The van der Waals surface area contributed by atoms with Gasteiger partial charge in [0.05, 0.1) is 5.52 Å². The average Bonchev–Trinajstić information content (AvgIpc) is 2.50. The number of Topliss-reactive ketones (excluding diaryl/α,β-unsaturated/α-hetero) is 1. The minimum absolute atomic E-state index is 0.212. The zero-order valence-corrected chi connectivity index (χ0v) is 11.0. The van der Waals surface area contributed by atoms with Crippen molar-refractivity contribution < 1.29 is 13.6 Å². The third kappa shape index (κ3) is 2.65. The second-order valence-corrected chi connectivity index (χ2v) is 4.72. The summed E-state index contributed by atoms with van der Waals surface area (Å²) in [5.74, 6) is -1.79. The number of rotatable bonds is 3. The quantitative estimate of drug-likeness (QED) is 0.681. The summed E-state index contributed by atoms with van der Waals surface area (Å²) in [5.41, 5.74) is 0.901. The van der Waals surface area contributed by atoms with Crippen molar-refractivity contribution in [1.82, 2.24) is 4.98 Å². The summed E-state index contributed by atoms with van der Waals surface area (Å²) < 4.78 is 27.1. The molecule has 3 aromatic rings. The monoisotopic (exact) mass is 283 g/mol. The molecule has 0 unspecified atom stereocenters. The lowest BCUT2D eigenvalue weighted by atomic mass is 10.0. The highest BCUT2D eigenvalue weighted by Crippen LogP contribution is 2.17. The van der Waals surface area contributed by atoms with Crippen molar-refractivity contribution in [2.75, 3.05) is 0 Å². The standard InChI is InChI=1S/C17H11F2NO/c18-14-5-3-6-15(19)13(14)9-17(21)12-8-11-4-1-2-7-16(11)20-10-12/h1-8,10H,9H2. The zero-order valence-electron chi connectivity index (χ0n) is 11.0. The molecular formula is C17H11F2NO.